The maximum Gasteiger partial charge on any atom is 0.187 e. The van der Waals surface area contributed by atoms with Gasteiger partial charge in [0.2, 0.25) is 0 Å². The molecule has 0 bridgehead atoms. The smallest absolute Gasteiger partial charge is 0.187 e. The van der Waals surface area contributed by atoms with E-state index in [1.807, 2.05) is 46.9 Å². The van der Waals surface area contributed by atoms with Crippen LogP contribution in [0.1, 0.15) is 18.4 Å². The number of aromatic nitrogens is 5. The van der Waals surface area contributed by atoms with Crippen LogP contribution in [0.25, 0.3) is 28.2 Å². The van der Waals surface area contributed by atoms with Crippen LogP contribution < -0.4 is 0 Å². The molecule has 1 aliphatic heterocycles. The average Bonchev–Trinajstić information content (AvgIpc) is 3.34. The van der Waals surface area contributed by atoms with Crippen molar-refractivity contribution in [1.82, 2.24) is 24.6 Å². The summed E-state index contributed by atoms with van der Waals surface area (Å²) in [6.45, 7) is 1.20. The van der Waals surface area contributed by atoms with Gasteiger partial charge in [-0.05, 0) is 54.1 Å². The summed E-state index contributed by atoms with van der Waals surface area (Å²) in [6.07, 6.45) is 4.83. The van der Waals surface area contributed by atoms with E-state index in [0.717, 1.165) is 32.1 Å². The van der Waals surface area contributed by atoms with E-state index >= 15 is 0 Å². The van der Waals surface area contributed by atoms with Crippen LogP contribution >= 0.6 is 11.8 Å². The first kappa shape index (κ1) is 22.1. The van der Waals surface area contributed by atoms with Gasteiger partial charge in [0, 0.05) is 49.2 Å². The fourth-order valence-electron chi connectivity index (χ4n) is 4.60. The normalized spacial score (nSPS) is 15.6. The number of fused-ring (bicyclic) bond motifs is 3. The Morgan fingerprint density at radius 1 is 1.00 bits per heavy atom. The van der Waals surface area contributed by atoms with Gasteiger partial charge in [0.1, 0.15) is 11.5 Å². The molecule has 1 fully saturated rings. The van der Waals surface area contributed by atoms with Crippen LogP contribution in [0.15, 0.2) is 76.8 Å². The lowest BCUT2D eigenvalue weighted by Gasteiger charge is -2.36. The molecular formula is C26H22FN5O2S. The second-order valence-electron chi connectivity index (χ2n) is 8.43. The molecule has 176 valence electrons. The summed E-state index contributed by atoms with van der Waals surface area (Å²) in [5, 5.41) is 8.58. The van der Waals surface area contributed by atoms with Crippen molar-refractivity contribution >= 4 is 28.4 Å². The Morgan fingerprint density at radius 3 is 2.69 bits per heavy atom. The highest BCUT2D eigenvalue weighted by molar-refractivity contribution is 7.99. The van der Waals surface area contributed by atoms with Gasteiger partial charge in [-0.25, -0.2) is 4.39 Å². The third-order valence-electron chi connectivity index (χ3n) is 6.41. The lowest BCUT2D eigenvalue weighted by atomic mass is 9.86. The van der Waals surface area contributed by atoms with E-state index in [4.69, 9.17) is 9.47 Å². The summed E-state index contributed by atoms with van der Waals surface area (Å²) in [6, 6.07) is 16.8. The molecular weight excluding hydrogens is 465 g/mol. The number of rotatable bonds is 5. The molecule has 9 heteroatoms. The molecule has 3 aromatic heterocycles. The Morgan fingerprint density at radius 2 is 1.89 bits per heavy atom. The summed E-state index contributed by atoms with van der Waals surface area (Å²) in [4.78, 5) is 10.8. The van der Waals surface area contributed by atoms with Crippen molar-refractivity contribution in [3.8, 4) is 11.5 Å². The van der Waals surface area contributed by atoms with Gasteiger partial charge in [-0.3, -0.25) is 14.4 Å². The van der Waals surface area contributed by atoms with Crippen molar-refractivity contribution in [2.24, 2.45) is 0 Å². The highest BCUT2D eigenvalue weighted by atomic mass is 32.2. The quantitative estimate of drug-likeness (QED) is 0.334. The first-order chi connectivity index (χ1) is 17.1. The Kier molecular flexibility index (Phi) is 5.68. The van der Waals surface area contributed by atoms with Crippen molar-refractivity contribution in [1.29, 1.82) is 0 Å². The van der Waals surface area contributed by atoms with Gasteiger partial charge in [-0.15, -0.1) is 10.2 Å². The number of halogens is 1. The van der Waals surface area contributed by atoms with Crippen molar-refractivity contribution in [2.75, 3.05) is 20.3 Å². The van der Waals surface area contributed by atoms with Gasteiger partial charge < -0.3 is 9.47 Å². The zero-order valence-corrected chi connectivity index (χ0v) is 19.8. The highest BCUT2D eigenvalue weighted by Gasteiger charge is 2.35. The second-order valence-corrected chi connectivity index (χ2v) is 9.58. The molecule has 1 saturated heterocycles. The number of hydrogen-bond acceptors (Lipinski definition) is 7. The van der Waals surface area contributed by atoms with E-state index in [1.165, 1.54) is 11.8 Å². The van der Waals surface area contributed by atoms with E-state index in [9.17, 15) is 4.39 Å². The molecule has 0 atom stereocenters. The standard InChI is InChI=1S/C26H22FN5O2S/c1-33-26(7-10-34-11-8-26)17-12-18(27)14-20(13-17)35-19-5-6-23-22(15-19)29-16-24-30-31-25(32(23)24)21-4-2-3-9-28-21/h2-6,9,12-16H,7-8,10-11H2,1H3. The molecule has 0 unspecified atom stereocenters. The van der Waals surface area contributed by atoms with Crippen LogP contribution in [-0.2, 0) is 15.1 Å². The molecule has 35 heavy (non-hydrogen) atoms. The molecule has 5 aromatic rings. The third-order valence-corrected chi connectivity index (χ3v) is 7.37. The topological polar surface area (TPSA) is 74.4 Å². The van der Waals surface area contributed by atoms with E-state index in [-0.39, 0.29) is 5.82 Å². The maximum absolute atomic E-state index is 14.7. The summed E-state index contributed by atoms with van der Waals surface area (Å²) in [7, 11) is 1.68. The SMILES string of the molecule is COC1(c2cc(F)cc(Sc3ccc4c(c3)ncc3nnc(-c5ccccn5)n34)c2)CCOCC1. The predicted molar refractivity (Wildman–Crippen MR) is 131 cm³/mol. The molecule has 0 N–H and O–H groups in total. The van der Waals surface area contributed by atoms with E-state index in [0.29, 0.717) is 37.5 Å². The summed E-state index contributed by atoms with van der Waals surface area (Å²) < 4.78 is 28.0. The first-order valence-electron chi connectivity index (χ1n) is 11.3. The van der Waals surface area contributed by atoms with Crippen molar-refractivity contribution in [2.45, 2.75) is 28.2 Å². The third kappa shape index (κ3) is 4.05. The largest absolute Gasteiger partial charge is 0.381 e. The van der Waals surface area contributed by atoms with E-state index < -0.39 is 5.60 Å². The first-order valence-corrected chi connectivity index (χ1v) is 12.1. The van der Waals surface area contributed by atoms with Gasteiger partial charge >= 0.3 is 0 Å². The summed E-state index contributed by atoms with van der Waals surface area (Å²) in [5.74, 6) is 0.377. The fraction of sp³-hybridized carbons (Fsp3) is 0.231. The predicted octanol–water partition coefficient (Wildman–Crippen LogP) is 5.28. The lowest BCUT2D eigenvalue weighted by molar-refractivity contribution is -0.0950. The number of hydrogen-bond donors (Lipinski definition) is 0. The minimum absolute atomic E-state index is 0.280. The van der Waals surface area contributed by atoms with Crippen molar-refractivity contribution < 1.29 is 13.9 Å². The molecule has 0 saturated carbocycles. The minimum Gasteiger partial charge on any atom is -0.381 e. The number of methoxy groups -OCH3 is 1. The second kappa shape index (κ2) is 8.99. The minimum atomic E-state index is -0.525. The summed E-state index contributed by atoms with van der Waals surface area (Å²) in [5.41, 5.74) is 3.36. The Labute approximate surface area is 205 Å². The molecule has 0 amide bonds. The number of ether oxygens (including phenoxy) is 2. The molecule has 7 nitrogen and oxygen atoms in total. The molecule has 4 heterocycles. The van der Waals surface area contributed by atoms with Gasteiger partial charge in [-0.1, -0.05) is 17.8 Å². The van der Waals surface area contributed by atoms with Gasteiger partial charge in [-0.2, -0.15) is 0 Å². The average molecular weight is 488 g/mol. The van der Waals surface area contributed by atoms with Crippen LogP contribution in [0.4, 0.5) is 4.39 Å². The Bertz CT molecular complexity index is 1520. The Balaban J connectivity index is 1.37. The van der Waals surface area contributed by atoms with Gasteiger partial charge in [0.15, 0.2) is 11.5 Å². The fourth-order valence-corrected chi connectivity index (χ4v) is 5.53. The molecule has 0 spiro atoms. The van der Waals surface area contributed by atoms with Crippen molar-refractivity contribution in [3.05, 3.63) is 78.4 Å². The molecule has 0 radical (unpaired) electrons. The number of benzene rings is 2. The van der Waals surface area contributed by atoms with Crippen LogP contribution in [0, 0.1) is 5.82 Å². The molecule has 0 aliphatic carbocycles. The van der Waals surface area contributed by atoms with Crippen molar-refractivity contribution in [3.63, 3.8) is 0 Å². The van der Waals surface area contributed by atoms with Crippen LogP contribution in [0.3, 0.4) is 0 Å². The monoisotopic (exact) mass is 487 g/mol. The van der Waals surface area contributed by atoms with Gasteiger partial charge in [0.25, 0.3) is 0 Å². The van der Waals surface area contributed by atoms with Crippen LogP contribution in [0.2, 0.25) is 0 Å². The molecule has 6 rings (SSSR count). The highest BCUT2D eigenvalue weighted by Crippen LogP contribution is 2.39. The van der Waals surface area contributed by atoms with Crippen LogP contribution in [-0.4, -0.2) is 44.9 Å². The zero-order chi connectivity index (χ0) is 23.8. The molecule has 2 aromatic carbocycles. The van der Waals surface area contributed by atoms with E-state index in [2.05, 4.69) is 20.2 Å². The number of nitrogens with zero attached hydrogens (tertiary/aromatic N) is 5. The van der Waals surface area contributed by atoms with E-state index in [1.54, 1.807) is 31.6 Å². The molecule has 1 aliphatic rings. The summed E-state index contributed by atoms with van der Waals surface area (Å²) >= 11 is 1.49. The maximum atomic E-state index is 14.7. The lowest BCUT2D eigenvalue weighted by Crippen LogP contribution is -2.35. The Hall–Kier alpha value is -3.40. The van der Waals surface area contributed by atoms with Gasteiger partial charge in [0.05, 0.1) is 22.8 Å². The van der Waals surface area contributed by atoms with Crippen LogP contribution in [0.5, 0.6) is 0 Å². The number of pyridine rings is 1. The zero-order valence-electron chi connectivity index (χ0n) is 19.0.